The first-order chi connectivity index (χ1) is 11.7. The van der Waals surface area contributed by atoms with Gasteiger partial charge in [0.15, 0.2) is 11.4 Å². The van der Waals surface area contributed by atoms with E-state index in [1.54, 1.807) is 6.20 Å². The van der Waals surface area contributed by atoms with Crippen LogP contribution in [-0.2, 0) is 9.59 Å². The number of halogens is 1. The van der Waals surface area contributed by atoms with Crippen LogP contribution in [0.15, 0.2) is 46.7 Å². The molecule has 0 bridgehead atoms. The number of allylic oxidation sites excluding steroid dienone is 2. The monoisotopic (exact) mass is 405 g/mol. The van der Waals surface area contributed by atoms with Crippen molar-refractivity contribution in [3.8, 4) is 0 Å². The lowest BCUT2D eigenvalue weighted by atomic mass is 9.68. The summed E-state index contributed by atoms with van der Waals surface area (Å²) in [6.45, 7) is 1.31. The fraction of sp³-hybridized carbons (Fsp3) is 0.188. The maximum absolute atomic E-state index is 13.0. The molecule has 2 atom stereocenters. The molecule has 0 saturated carbocycles. The molecule has 2 aromatic rings. The smallest absolute Gasteiger partial charge is 0.332 e. The quantitative estimate of drug-likeness (QED) is 0.745. The average molecular weight is 406 g/mol. The summed E-state index contributed by atoms with van der Waals surface area (Å²) in [5.41, 5.74) is -1.64. The van der Waals surface area contributed by atoms with Gasteiger partial charge in [0.05, 0.1) is 15.8 Å². The van der Waals surface area contributed by atoms with Crippen molar-refractivity contribution in [2.24, 2.45) is 11.3 Å². The first-order valence-electron chi connectivity index (χ1n) is 7.15. The van der Waals surface area contributed by atoms with E-state index in [2.05, 4.69) is 26.0 Å². The summed E-state index contributed by atoms with van der Waals surface area (Å²) in [7, 11) is 0. The molecule has 0 spiro atoms. The molecule has 0 aromatic carbocycles. The summed E-state index contributed by atoms with van der Waals surface area (Å²) in [5.74, 6) is -4.73. The van der Waals surface area contributed by atoms with E-state index in [9.17, 15) is 24.6 Å². The minimum Gasteiger partial charge on any atom is -0.481 e. The number of hydrogen-bond donors (Lipinski definition) is 2. The normalized spacial score (nSPS) is 22.6. The summed E-state index contributed by atoms with van der Waals surface area (Å²) in [5, 5.41) is 23.1. The van der Waals surface area contributed by atoms with Crippen LogP contribution in [0.1, 0.15) is 17.4 Å². The Labute approximate surface area is 149 Å². The molecule has 0 aliphatic heterocycles. The summed E-state index contributed by atoms with van der Waals surface area (Å²) in [6.07, 6.45) is 7.00. The van der Waals surface area contributed by atoms with Gasteiger partial charge in [-0.1, -0.05) is 18.2 Å². The van der Waals surface area contributed by atoms with Crippen LogP contribution in [0.2, 0.25) is 0 Å². The van der Waals surface area contributed by atoms with E-state index in [4.69, 9.17) is 0 Å². The van der Waals surface area contributed by atoms with Crippen LogP contribution in [0, 0.1) is 11.3 Å². The maximum atomic E-state index is 13.0. The highest BCUT2D eigenvalue weighted by Crippen LogP contribution is 2.40. The molecule has 1 aliphatic rings. The van der Waals surface area contributed by atoms with E-state index in [1.165, 1.54) is 41.9 Å². The predicted octanol–water partition coefficient (Wildman–Crippen LogP) is 1.96. The van der Waals surface area contributed by atoms with Gasteiger partial charge in [0, 0.05) is 24.0 Å². The lowest BCUT2D eigenvalue weighted by Crippen LogP contribution is -2.43. The number of fused-ring (bicyclic) bond motifs is 1. The third-order valence-electron chi connectivity index (χ3n) is 4.13. The standard InChI is InChI=1S/C16H12BrN3O5/c1-16(15(24)25)4-2-3-9(14(22)23)12(16)13(21)10-5-11-18-6-8(17)7-20(11)19-10/h2-7,12H,1H3,(H,22,23)(H,24,25). The summed E-state index contributed by atoms with van der Waals surface area (Å²) >= 11 is 3.24. The van der Waals surface area contributed by atoms with Gasteiger partial charge in [-0.05, 0) is 22.9 Å². The minimum atomic E-state index is -1.69. The lowest BCUT2D eigenvalue weighted by molar-refractivity contribution is -0.147. The van der Waals surface area contributed by atoms with Gasteiger partial charge in [-0.2, -0.15) is 5.10 Å². The average Bonchev–Trinajstić information content (AvgIpc) is 2.96. The van der Waals surface area contributed by atoms with E-state index in [1.807, 2.05) is 0 Å². The van der Waals surface area contributed by atoms with Crippen molar-refractivity contribution in [3.05, 3.63) is 52.4 Å². The summed E-state index contributed by atoms with van der Waals surface area (Å²) in [4.78, 5) is 40.3. The molecule has 0 amide bonds. The molecule has 0 saturated heterocycles. The number of nitrogens with zero attached hydrogens (tertiary/aromatic N) is 3. The van der Waals surface area contributed by atoms with Gasteiger partial charge in [0.25, 0.3) is 0 Å². The molecule has 2 heterocycles. The van der Waals surface area contributed by atoms with Crippen LogP contribution in [0.4, 0.5) is 0 Å². The van der Waals surface area contributed by atoms with E-state index >= 15 is 0 Å². The van der Waals surface area contributed by atoms with Gasteiger partial charge >= 0.3 is 11.9 Å². The second-order valence-corrected chi connectivity index (χ2v) is 6.69. The van der Waals surface area contributed by atoms with Crippen molar-refractivity contribution in [1.29, 1.82) is 0 Å². The van der Waals surface area contributed by atoms with E-state index in [0.717, 1.165) is 0 Å². The van der Waals surface area contributed by atoms with E-state index in [-0.39, 0.29) is 11.3 Å². The summed E-state index contributed by atoms with van der Waals surface area (Å²) < 4.78 is 2.00. The number of ketones is 1. The second kappa shape index (κ2) is 5.92. The molecule has 3 rings (SSSR count). The van der Waals surface area contributed by atoms with Crippen molar-refractivity contribution in [2.45, 2.75) is 6.92 Å². The Bertz CT molecular complexity index is 977. The number of aliphatic carboxylic acids is 2. The highest BCUT2D eigenvalue weighted by Gasteiger charge is 2.49. The zero-order valence-electron chi connectivity index (χ0n) is 12.9. The molecule has 2 aromatic heterocycles. The zero-order valence-corrected chi connectivity index (χ0v) is 14.5. The largest absolute Gasteiger partial charge is 0.481 e. The number of Topliss-reactive ketones (excluding diaryl/α,β-unsaturated/α-hetero) is 1. The number of hydrogen-bond acceptors (Lipinski definition) is 5. The van der Waals surface area contributed by atoms with Gasteiger partial charge in [-0.25, -0.2) is 14.3 Å². The molecule has 9 heteroatoms. The molecule has 25 heavy (non-hydrogen) atoms. The van der Waals surface area contributed by atoms with Crippen molar-refractivity contribution >= 4 is 39.3 Å². The van der Waals surface area contributed by atoms with Crippen molar-refractivity contribution in [3.63, 3.8) is 0 Å². The fourth-order valence-electron chi connectivity index (χ4n) is 2.79. The van der Waals surface area contributed by atoms with Gasteiger partial charge in [-0.15, -0.1) is 0 Å². The number of carboxylic acids is 2. The second-order valence-electron chi connectivity index (χ2n) is 5.78. The van der Waals surface area contributed by atoms with Gasteiger partial charge in [0.2, 0.25) is 0 Å². The predicted molar refractivity (Wildman–Crippen MR) is 89.1 cm³/mol. The fourth-order valence-corrected chi connectivity index (χ4v) is 3.09. The Morgan fingerprint density at radius 2 is 2.04 bits per heavy atom. The molecule has 8 nitrogen and oxygen atoms in total. The molecular weight excluding hydrogens is 394 g/mol. The SMILES string of the molecule is CC1(C(=O)O)C=CC=C(C(=O)O)C1C(=O)c1cc2ncc(Br)cn2n1. The molecule has 0 fully saturated rings. The molecule has 2 N–H and O–H groups in total. The van der Waals surface area contributed by atoms with Gasteiger partial charge < -0.3 is 10.2 Å². The highest BCUT2D eigenvalue weighted by atomic mass is 79.9. The van der Waals surface area contributed by atoms with Crippen LogP contribution >= 0.6 is 15.9 Å². The van der Waals surface area contributed by atoms with Crippen molar-refractivity contribution in [2.75, 3.05) is 0 Å². The van der Waals surface area contributed by atoms with Crippen LogP contribution in [0.25, 0.3) is 5.65 Å². The Balaban J connectivity index is 2.12. The Morgan fingerprint density at radius 1 is 1.32 bits per heavy atom. The Kier molecular flexibility index (Phi) is 4.03. The molecule has 128 valence electrons. The lowest BCUT2D eigenvalue weighted by Gasteiger charge is -2.32. The molecule has 2 unspecified atom stereocenters. The number of carbonyl (C=O) groups is 3. The van der Waals surface area contributed by atoms with E-state index < -0.39 is 29.1 Å². The zero-order chi connectivity index (χ0) is 18.4. The Morgan fingerprint density at radius 3 is 2.68 bits per heavy atom. The molecule has 0 radical (unpaired) electrons. The van der Waals surface area contributed by atoms with Crippen LogP contribution < -0.4 is 0 Å². The van der Waals surface area contributed by atoms with Gasteiger partial charge in [0.1, 0.15) is 5.69 Å². The number of rotatable bonds is 4. The van der Waals surface area contributed by atoms with E-state index in [0.29, 0.717) is 10.1 Å². The molecule has 1 aliphatic carbocycles. The van der Waals surface area contributed by atoms with Crippen LogP contribution in [0.3, 0.4) is 0 Å². The number of aromatic nitrogens is 3. The van der Waals surface area contributed by atoms with Crippen LogP contribution in [0.5, 0.6) is 0 Å². The number of carboxylic acid groups (broad SMARTS) is 2. The minimum absolute atomic E-state index is 0.0504. The summed E-state index contributed by atoms with van der Waals surface area (Å²) in [6, 6.07) is 1.40. The first kappa shape index (κ1) is 17.0. The first-order valence-corrected chi connectivity index (χ1v) is 7.94. The van der Waals surface area contributed by atoms with Crippen molar-refractivity contribution in [1.82, 2.24) is 14.6 Å². The van der Waals surface area contributed by atoms with Gasteiger partial charge in [-0.3, -0.25) is 9.59 Å². The maximum Gasteiger partial charge on any atom is 0.332 e. The topological polar surface area (TPSA) is 122 Å². The number of carbonyl (C=O) groups excluding carboxylic acids is 1. The van der Waals surface area contributed by atoms with Crippen LogP contribution in [-0.4, -0.2) is 42.5 Å². The third-order valence-corrected chi connectivity index (χ3v) is 4.54. The highest BCUT2D eigenvalue weighted by molar-refractivity contribution is 9.10. The van der Waals surface area contributed by atoms with Crippen molar-refractivity contribution < 1.29 is 24.6 Å². The molecular formula is C16H12BrN3O5. The third kappa shape index (κ3) is 2.76. The Hall–Kier alpha value is -2.81.